The predicted octanol–water partition coefficient (Wildman–Crippen LogP) is 1.89. The van der Waals surface area contributed by atoms with E-state index in [0.717, 1.165) is 14.7 Å². The summed E-state index contributed by atoms with van der Waals surface area (Å²) in [4.78, 5) is 4.18. The van der Waals surface area contributed by atoms with Crippen LogP contribution in [0.15, 0.2) is 24.4 Å². The van der Waals surface area contributed by atoms with Gasteiger partial charge in [0.05, 0.1) is 0 Å². The fraction of sp³-hybridized carbons (Fsp3) is 0.286. The lowest BCUT2D eigenvalue weighted by Crippen LogP contribution is -1.80. The van der Waals surface area contributed by atoms with Crippen LogP contribution in [0.1, 0.15) is 5.69 Å². The van der Waals surface area contributed by atoms with Crippen molar-refractivity contribution in [2.75, 3.05) is 6.66 Å². The van der Waals surface area contributed by atoms with Gasteiger partial charge in [0, 0.05) is 18.1 Å². The lowest BCUT2D eigenvalue weighted by Gasteiger charge is -1.92. The minimum absolute atomic E-state index is 0.973. The first-order valence-electron chi connectivity index (χ1n) is 2.98. The highest BCUT2D eigenvalue weighted by Gasteiger charge is 1.86. The average Bonchev–Trinajstić information content (AvgIpc) is 1.91. The van der Waals surface area contributed by atoms with Crippen LogP contribution < -0.4 is 0 Å². The maximum Gasteiger partial charge on any atom is 0.0443 e. The molecule has 0 aromatic carbocycles. The van der Waals surface area contributed by atoms with Crippen molar-refractivity contribution in [1.29, 1.82) is 0 Å². The van der Waals surface area contributed by atoms with Gasteiger partial charge in [0.25, 0.3) is 0 Å². The van der Waals surface area contributed by atoms with Crippen molar-refractivity contribution < 1.29 is 0 Å². The number of nitrogens with zero attached hydrogens (tertiary/aromatic N) is 1. The monoisotopic (exact) mass is 139 g/mol. The largest absolute Gasteiger partial charge is 0.261 e. The summed E-state index contributed by atoms with van der Waals surface area (Å²) >= 11 is 0. The topological polar surface area (TPSA) is 12.9 Å². The molecule has 0 N–H and O–H groups in total. The molecule has 1 rings (SSSR count). The van der Waals surface area contributed by atoms with Crippen LogP contribution in [0.25, 0.3) is 0 Å². The molecule has 0 aliphatic rings. The van der Waals surface area contributed by atoms with Crippen molar-refractivity contribution in [3.63, 3.8) is 0 Å². The van der Waals surface area contributed by atoms with E-state index in [4.69, 9.17) is 0 Å². The smallest absolute Gasteiger partial charge is 0.0443 e. The van der Waals surface area contributed by atoms with E-state index in [2.05, 4.69) is 17.7 Å². The summed E-state index contributed by atoms with van der Waals surface area (Å²) in [5, 5.41) is 0. The minimum atomic E-state index is 0.973. The Balaban J connectivity index is 2.61. The van der Waals surface area contributed by atoms with Crippen LogP contribution >= 0.6 is 8.58 Å². The molecule has 0 saturated heterocycles. The maximum absolute atomic E-state index is 4.18. The van der Waals surface area contributed by atoms with Gasteiger partial charge in [0.15, 0.2) is 0 Å². The second kappa shape index (κ2) is 3.58. The van der Waals surface area contributed by atoms with Crippen LogP contribution in [0.4, 0.5) is 0 Å². The molecule has 0 saturated carbocycles. The molecule has 1 nitrogen and oxygen atoms in total. The Labute approximate surface area is 57.3 Å². The first kappa shape index (κ1) is 6.70. The van der Waals surface area contributed by atoms with Crippen molar-refractivity contribution >= 4 is 8.58 Å². The van der Waals surface area contributed by atoms with Crippen LogP contribution in [0.2, 0.25) is 0 Å². The van der Waals surface area contributed by atoms with Crippen molar-refractivity contribution in [2.24, 2.45) is 0 Å². The molecule has 1 heterocycles. The molecular formula is C7H10NP. The molecule has 0 radical (unpaired) electrons. The van der Waals surface area contributed by atoms with Crippen molar-refractivity contribution in [1.82, 2.24) is 4.98 Å². The Morgan fingerprint density at radius 2 is 2.44 bits per heavy atom. The predicted molar refractivity (Wildman–Crippen MR) is 42.2 cm³/mol. The van der Waals surface area contributed by atoms with Crippen LogP contribution in [0.5, 0.6) is 0 Å². The average molecular weight is 139 g/mol. The summed E-state index contributed by atoms with van der Waals surface area (Å²) in [6, 6.07) is 6.04. The lowest BCUT2D eigenvalue weighted by molar-refractivity contribution is 1.17. The normalized spacial score (nSPS) is 10.8. The summed E-state index contributed by atoms with van der Waals surface area (Å²) in [5.74, 6) is 0. The van der Waals surface area contributed by atoms with E-state index >= 15 is 0 Å². The minimum Gasteiger partial charge on any atom is -0.261 e. The van der Waals surface area contributed by atoms with Gasteiger partial charge in [0.2, 0.25) is 0 Å². The third kappa shape index (κ3) is 2.11. The van der Waals surface area contributed by atoms with E-state index in [1.165, 1.54) is 5.69 Å². The Bertz CT molecular complexity index is 162. The van der Waals surface area contributed by atoms with E-state index in [-0.39, 0.29) is 0 Å². The van der Waals surface area contributed by atoms with Gasteiger partial charge < -0.3 is 0 Å². The highest BCUT2D eigenvalue weighted by Crippen LogP contribution is 2.10. The van der Waals surface area contributed by atoms with Gasteiger partial charge in [-0.25, -0.2) is 0 Å². The number of rotatable bonds is 2. The van der Waals surface area contributed by atoms with Crippen molar-refractivity contribution in [2.45, 2.75) is 6.16 Å². The van der Waals surface area contributed by atoms with Gasteiger partial charge in [-0.1, -0.05) is 6.07 Å². The first-order valence-corrected chi connectivity index (χ1v) is 4.68. The van der Waals surface area contributed by atoms with E-state index in [0.29, 0.717) is 0 Å². The molecular weight excluding hydrogens is 129 g/mol. The van der Waals surface area contributed by atoms with Gasteiger partial charge in [-0.15, -0.1) is 8.58 Å². The molecule has 1 unspecified atom stereocenters. The van der Waals surface area contributed by atoms with Gasteiger partial charge >= 0.3 is 0 Å². The Morgan fingerprint density at radius 1 is 1.56 bits per heavy atom. The maximum atomic E-state index is 4.18. The highest BCUT2D eigenvalue weighted by molar-refractivity contribution is 7.36. The van der Waals surface area contributed by atoms with Gasteiger partial charge in [-0.3, -0.25) is 4.98 Å². The second-order valence-electron chi connectivity index (χ2n) is 1.85. The second-order valence-corrected chi connectivity index (χ2v) is 2.91. The number of hydrogen-bond donors (Lipinski definition) is 0. The molecule has 1 aromatic rings. The molecule has 0 spiro atoms. The Morgan fingerprint density at radius 3 is 3.00 bits per heavy atom. The number of hydrogen-bond acceptors (Lipinski definition) is 1. The zero-order valence-corrected chi connectivity index (χ0v) is 6.46. The standard InChI is InChI=1S/C7H10NP/c1-9-6-7-4-2-3-5-8-7/h2-5,9H,6H2,1H3. The quantitative estimate of drug-likeness (QED) is 0.570. The van der Waals surface area contributed by atoms with Gasteiger partial charge in [-0.2, -0.15) is 0 Å². The summed E-state index contributed by atoms with van der Waals surface area (Å²) < 4.78 is 0. The Kier molecular flexibility index (Phi) is 2.66. The van der Waals surface area contributed by atoms with Crippen LogP contribution in [0, 0.1) is 0 Å². The zero-order valence-electron chi connectivity index (χ0n) is 5.46. The van der Waals surface area contributed by atoms with E-state index < -0.39 is 0 Å². The molecule has 0 aliphatic heterocycles. The van der Waals surface area contributed by atoms with Crippen molar-refractivity contribution in [3.8, 4) is 0 Å². The fourth-order valence-electron chi connectivity index (χ4n) is 0.684. The third-order valence-electron chi connectivity index (χ3n) is 1.08. The van der Waals surface area contributed by atoms with Gasteiger partial charge in [-0.05, 0) is 18.8 Å². The molecule has 48 valence electrons. The summed E-state index contributed by atoms with van der Waals surface area (Å²) in [6.45, 7) is 2.19. The molecule has 1 aromatic heterocycles. The highest BCUT2D eigenvalue weighted by atomic mass is 31.1. The van der Waals surface area contributed by atoms with E-state index in [1.807, 2.05) is 18.3 Å². The Hall–Kier alpha value is -0.420. The third-order valence-corrected chi connectivity index (χ3v) is 1.80. The summed E-state index contributed by atoms with van der Waals surface area (Å²) in [6.07, 6.45) is 2.97. The van der Waals surface area contributed by atoms with E-state index in [9.17, 15) is 0 Å². The van der Waals surface area contributed by atoms with Crippen molar-refractivity contribution in [3.05, 3.63) is 30.1 Å². The van der Waals surface area contributed by atoms with E-state index in [1.54, 1.807) is 0 Å². The molecule has 0 amide bonds. The number of pyridine rings is 1. The van der Waals surface area contributed by atoms with Crippen LogP contribution in [0.3, 0.4) is 0 Å². The molecule has 0 aliphatic carbocycles. The molecule has 2 heteroatoms. The van der Waals surface area contributed by atoms with Crippen LogP contribution in [-0.2, 0) is 6.16 Å². The first-order chi connectivity index (χ1) is 4.43. The number of aromatic nitrogens is 1. The molecule has 1 atom stereocenters. The summed E-state index contributed by atoms with van der Waals surface area (Å²) in [7, 11) is 0.973. The SMILES string of the molecule is CPCc1ccccn1. The summed E-state index contributed by atoms with van der Waals surface area (Å²) in [5.41, 5.74) is 1.21. The fourth-order valence-corrected chi connectivity index (χ4v) is 1.26. The van der Waals surface area contributed by atoms with Crippen LogP contribution in [-0.4, -0.2) is 11.6 Å². The lowest BCUT2D eigenvalue weighted by atomic mass is 10.4. The molecule has 0 fully saturated rings. The molecule has 0 bridgehead atoms. The van der Waals surface area contributed by atoms with Gasteiger partial charge in [0.1, 0.15) is 0 Å². The molecule has 9 heavy (non-hydrogen) atoms. The zero-order chi connectivity index (χ0) is 6.53.